The molecule has 0 fully saturated rings. The normalized spacial score (nSPS) is 11.3. The monoisotopic (exact) mass is 373 g/mol. The number of amides is 1. The van der Waals surface area contributed by atoms with Crippen LogP contribution in [0.15, 0.2) is 29.3 Å². The zero-order chi connectivity index (χ0) is 18.9. The van der Waals surface area contributed by atoms with Crippen LogP contribution in [0.2, 0.25) is 0 Å². The Morgan fingerprint density at radius 3 is 2.54 bits per heavy atom. The van der Waals surface area contributed by atoms with E-state index in [1.165, 1.54) is 4.88 Å². The number of hydrogen-bond donors (Lipinski definition) is 3. The Labute approximate surface area is 159 Å². The molecular formula is C19H27N5OS. The van der Waals surface area contributed by atoms with Crippen molar-refractivity contribution in [2.24, 2.45) is 4.99 Å². The molecule has 0 saturated carbocycles. The minimum Gasteiger partial charge on any atom is -0.356 e. The number of nitrogens with one attached hydrogen (secondary N) is 3. The maximum absolute atomic E-state index is 11.7. The molecule has 2 aromatic rings. The molecule has 140 valence electrons. The van der Waals surface area contributed by atoms with Crippen molar-refractivity contribution in [1.29, 1.82) is 0 Å². The number of hydrogen-bond acceptors (Lipinski definition) is 4. The Hall–Kier alpha value is -2.41. The summed E-state index contributed by atoms with van der Waals surface area (Å²) in [6.07, 6.45) is 1.70. The Kier molecular flexibility index (Phi) is 7.59. The highest BCUT2D eigenvalue weighted by Gasteiger charge is 2.05. The Bertz CT molecular complexity index is 750. The second kappa shape index (κ2) is 9.91. The Balaban J connectivity index is 1.76. The van der Waals surface area contributed by atoms with E-state index in [0.29, 0.717) is 5.56 Å². The first kappa shape index (κ1) is 19.9. The highest BCUT2D eigenvalue weighted by Crippen LogP contribution is 2.16. The molecule has 0 aliphatic rings. The van der Waals surface area contributed by atoms with Crippen LogP contribution in [-0.2, 0) is 12.8 Å². The lowest BCUT2D eigenvalue weighted by molar-refractivity contribution is 0.0963. The summed E-state index contributed by atoms with van der Waals surface area (Å²) in [7, 11) is 3.40. The average Bonchev–Trinajstić information content (AvgIpc) is 2.97. The van der Waals surface area contributed by atoms with Crippen molar-refractivity contribution in [3.05, 3.63) is 51.0 Å². The number of thiazole rings is 1. The molecule has 0 unspecified atom stereocenters. The van der Waals surface area contributed by atoms with Crippen LogP contribution in [-0.4, -0.2) is 44.0 Å². The van der Waals surface area contributed by atoms with E-state index in [2.05, 4.69) is 32.9 Å². The number of carbonyl (C=O) groups excluding carboxylic acids is 1. The molecule has 1 aromatic heterocycles. The maximum atomic E-state index is 11.7. The average molecular weight is 374 g/mol. The molecule has 0 spiro atoms. The minimum absolute atomic E-state index is 0.0649. The van der Waals surface area contributed by atoms with E-state index < -0.39 is 0 Å². The molecule has 0 aliphatic carbocycles. The molecule has 0 atom stereocenters. The molecule has 7 heteroatoms. The SMILES string of the molecule is CN=C(NCCc1cccc(C(=O)NC)c1)NCCc1nc(C)c(C)s1. The number of carbonyl (C=O) groups is 1. The summed E-state index contributed by atoms with van der Waals surface area (Å²) in [5, 5.41) is 10.4. The quantitative estimate of drug-likeness (QED) is 0.513. The van der Waals surface area contributed by atoms with Crippen LogP contribution < -0.4 is 16.0 Å². The van der Waals surface area contributed by atoms with E-state index in [4.69, 9.17) is 0 Å². The number of aromatic nitrogens is 1. The van der Waals surface area contributed by atoms with E-state index in [-0.39, 0.29) is 5.91 Å². The second-order valence-electron chi connectivity index (χ2n) is 5.95. The van der Waals surface area contributed by atoms with Crippen LogP contribution in [0.25, 0.3) is 0 Å². The first-order valence-corrected chi connectivity index (χ1v) is 9.53. The number of benzene rings is 1. The number of guanidine groups is 1. The molecule has 1 heterocycles. The van der Waals surface area contributed by atoms with Gasteiger partial charge in [0.15, 0.2) is 5.96 Å². The summed E-state index contributed by atoms with van der Waals surface area (Å²) in [5.41, 5.74) is 2.91. The second-order valence-corrected chi connectivity index (χ2v) is 7.24. The highest BCUT2D eigenvalue weighted by molar-refractivity contribution is 7.11. The third-order valence-electron chi connectivity index (χ3n) is 4.05. The molecule has 0 radical (unpaired) electrons. The van der Waals surface area contributed by atoms with Gasteiger partial charge < -0.3 is 16.0 Å². The van der Waals surface area contributed by atoms with E-state index >= 15 is 0 Å². The van der Waals surface area contributed by atoms with Gasteiger partial charge in [0.25, 0.3) is 5.91 Å². The van der Waals surface area contributed by atoms with E-state index in [9.17, 15) is 4.79 Å². The molecule has 1 amide bonds. The third kappa shape index (κ3) is 5.84. The van der Waals surface area contributed by atoms with Gasteiger partial charge in [0.05, 0.1) is 10.7 Å². The molecule has 1 aromatic carbocycles. The standard InChI is InChI=1S/C19H27N5OS/c1-13-14(2)26-17(24-13)9-11-23-19(21-4)22-10-8-15-6-5-7-16(12-15)18(25)20-3/h5-7,12H,8-11H2,1-4H3,(H,20,25)(H2,21,22,23). The molecule has 26 heavy (non-hydrogen) atoms. The van der Waals surface area contributed by atoms with E-state index in [1.807, 2.05) is 31.2 Å². The summed E-state index contributed by atoms with van der Waals surface area (Å²) in [5.74, 6) is 0.711. The topological polar surface area (TPSA) is 78.4 Å². The van der Waals surface area contributed by atoms with Gasteiger partial charge >= 0.3 is 0 Å². The maximum Gasteiger partial charge on any atom is 0.251 e. The fourth-order valence-corrected chi connectivity index (χ4v) is 3.43. The Morgan fingerprint density at radius 1 is 1.19 bits per heavy atom. The van der Waals surface area contributed by atoms with Gasteiger partial charge in [-0.25, -0.2) is 4.98 Å². The van der Waals surface area contributed by atoms with Gasteiger partial charge in [-0.05, 0) is 38.0 Å². The largest absolute Gasteiger partial charge is 0.356 e. The lowest BCUT2D eigenvalue weighted by Gasteiger charge is -2.11. The van der Waals surface area contributed by atoms with Crippen LogP contribution in [0.3, 0.4) is 0 Å². The Morgan fingerprint density at radius 2 is 1.92 bits per heavy atom. The fourth-order valence-electron chi connectivity index (χ4n) is 2.49. The number of rotatable bonds is 7. The fraction of sp³-hybridized carbons (Fsp3) is 0.421. The predicted molar refractivity (Wildman–Crippen MR) is 108 cm³/mol. The van der Waals surface area contributed by atoms with Crippen molar-refractivity contribution < 1.29 is 4.79 Å². The van der Waals surface area contributed by atoms with Crippen LogP contribution >= 0.6 is 11.3 Å². The van der Waals surface area contributed by atoms with Crippen molar-refractivity contribution in [3.8, 4) is 0 Å². The van der Waals surface area contributed by atoms with Crippen molar-refractivity contribution in [2.45, 2.75) is 26.7 Å². The molecule has 0 aliphatic heterocycles. The third-order valence-corrected chi connectivity index (χ3v) is 5.18. The first-order chi connectivity index (χ1) is 12.5. The molecule has 3 N–H and O–H groups in total. The van der Waals surface area contributed by atoms with Crippen LogP contribution in [0, 0.1) is 13.8 Å². The van der Waals surface area contributed by atoms with Crippen molar-refractivity contribution in [2.75, 3.05) is 27.2 Å². The van der Waals surface area contributed by atoms with Gasteiger partial charge in [0.2, 0.25) is 0 Å². The summed E-state index contributed by atoms with van der Waals surface area (Å²) in [6, 6.07) is 7.67. The summed E-state index contributed by atoms with van der Waals surface area (Å²) in [6.45, 7) is 5.68. The zero-order valence-electron chi connectivity index (χ0n) is 15.8. The lowest BCUT2D eigenvalue weighted by Crippen LogP contribution is -2.39. The minimum atomic E-state index is -0.0649. The summed E-state index contributed by atoms with van der Waals surface area (Å²) in [4.78, 5) is 21.8. The van der Waals surface area contributed by atoms with Crippen LogP contribution in [0.4, 0.5) is 0 Å². The molecule has 2 rings (SSSR count). The van der Waals surface area contributed by atoms with Crippen LogP contribution in [0.1, 0.15) is 31.5 Å². The lowest BCUT2D eigenvalue weighted by atomic mass is 10.1. The van der Waals surface area contributed by atoms with Gasteiger partial charge in [-0.1, -0.05) is 12.1 Å². The van der Waals surface area contributed by atoms with E-state index in [0.717, 1.165) is 48.2 Å². The van der Waals surface area contributed by atoms with Crippen molar-refractivity contribution in [3.63, 3.8) is 0 Å². The zero-order valence-corrected chi connectivity index (χ0v) is 16.7. The predicted octanol–water partition coefficient (Wildman–Crippen LogP) is 2.07. The van der Waals surface area contributed by atoms with Crippen LogP contribution in [0.5, 0.6) is 0 Å². The van der Waals surface area contributed by atoms with Crippen molar-refractivity contribution in [1.82, 2.24) is 20.9 Å². The summed E-state index contributed by atoms with van der Waals surface area (Å²) < 4.78 is 0. The van der Waals surface area contributed by atoms with Gasteiger partial charge in [-0.2, -0.15) is 0 Å². The van der Waals surface area contributed by atoms with Gasteiger partial charge in [0.1, 0.15) is 0 Å². The summed E-state index contributed by atoms with van der Waals surface area (Å²) >= 11 is 1.75. The van der Waals surface area contributed by atoms with Crippen molar-refractivity contribution >= 4 is 23.2 Å². The number of aliphatic imine (C=N–C) groups is 1. The van der Waals surface area contributed by atoms with E-state index in [1.54, 1.807) is 25.4 Å². The first-order valence-electron chi connectivity index (χ1n) is 8.72. The molecular weight excluding hydrogens is 346 g/mol. The molecule has 0 bridgehead atoms. The van der Waals surface area contributed by atoms with Gasteiger partial charge in [-0.15, -0.1) is 11.3 Å². The molecule has 6 nitrogen and oxygen atoms in total. The van der Waals surface area contributed by atoms with Gasteiger partial charge in [0, 0.05) is 44.0 Å². The highest BCUT2D eigenvalue weighted by atomic mass is 32.1. The number of nitrogens with zero attached hydrogens (tertiary/aromatic N) is 2. The number of aryl methyl sites for hydroxylation is 2. The molecule has 0 saturated heterocycles. The smallest absolute Gasteiger partial charge is 0.251 e. The van der Waals surface area contributed by atoms with Gasteiger partial charge in [-0.3, -0.25) is 9.79 Å².